The van der Waals surface area contributed by atoms with Crippen LogP contribution in [0.25, 0.3) is 0 Å². The van der Waals surface area contributed by atoms with Gasteiger partial charge >= 0.3 is 0 Å². The van der Waals surface area contributed by atoms with E-state index in [0.29, 0.717) is 0 Å². The summed E-state index contributed by atoms with van der Waals surface area (Å²) in [6, 6.07) is 6.45. The molecular formula is C13H19NO. The zero-order valence-corrected chi connectivity index (χ0v) is 9.76. The van der Waals surface area contributed by atoms with Gasteiger partial charge in [0.1, 0.15) is 0 Å². The SMILES string of the molecule is COCC1(C)CCc2c(C)cccc2N1. The molecule has 0 saturated carbocycles. The highest BCUT2D eigenvalue weighted by Crippen LogP contribution is 2.32. The van der Waals surface area contributed by atoms with Crippen LogP contribution in [0.1, 0.15) is 24.5 Å². The molecular weight excluding hydrogens is 186 g/mol. The van der Waals surface area contributed by atoms with Crippen LogP contribution in [0.5, 0.6) is 0 Å². The van der Waals surface area contributed by atoms with Crippen molar-refractivity contribution in [3.05, 3.63) is 29.3 Å². The highest BCUT2D eigenvalue weighted by atomic mass is 16.5. The molecule has 1 atom stereocenters. The third kappa shape index (κ3) is 2.00. The molecule has 1 aromatic rings. The summed E-state index contributed by atoms with van der Waals surface area (Å²) in [4.78, 5) is 0. The summed E-state index contributed by atoms with van der Waals surface area (Å²) in [7, 11) is 1.76. The number of anilines is 1. The fraction of sp³-hybridized carbons (Fsp3) is 0.538. The van der Waals surface area contributed by atoms with E-state index in [1.165, 1.54) is 16.8 Å². The summed E-state index contributed by atoms with van der Waals surface area (Å²) in [5.41, 5.74) is 4.22. The van der Waals surface area contributed by atoms with Crippen molar-refractivity contribution >= 4 is 5.69 Å². The average molecular weight is 205 g/mol. The number of hydrogen-bond acceptors (Lipinski definition) is 2. The van der Waals surface area contributed by atoms with Crippen LogP contribution in [-0.2, 0) is 11.2 Å². The fourth-order valence-electron chi connectivity index (χ4n) is 2.37. The Bertz CT molecular complexity index is 362. The molecule has 0 aliphatic carbocycles. The smallest absolute Gasteiger partial charge is 0.0690 e. The number of methoxy groups -OCH3 is 1. The van der Waals surface area contributed by atoms with Gasteiger partial charge in [-0.2, -0.15) is 0 Å². The van der Waals surface area contributed by atoms with Crippen molar-refractivity contribution in [2.75, 3.05) is 19.0 Å². The van der Waals surface area contributed by atoms with Crippen molar-refractivity contribution < 1.29 is 4.74 Å². The summed E-state index contributed by atoms with van der Waals surface area (Å²) in [5, 5.41) is 3.59. The summed E-state index contributed by atoms with van der Waals surface area (Å²) >= 11 is 0. The van der Waals surface area contributed by atoms with Gasteiger partial charge in [0.25, 0.3) is 0 Å². The number of benzene rings is 1. The molecule has 0 radical (unpaired) electrons. The van der Waals surface area contributed by atoms with E-state index in [0.717, 1.165) is 19.4 Å². The van der Waals surface area contributed by atoms with Gasteiger partial charge in [0.05, 0.1) is 12.1 Å². The molecule has 15 heavy (non-hydrogen) atoms. The molecule has 1 aliphatic heterocycles. The molecule has 2 nitrogen and oxygen atoms in total. The van der Waals surface area contributed by atoms with Gasteiger partial charge in [0, 0.05) is 12.8 Å². The fourth-order valence-corrected chi connectivity index (χ4v) is 2.37. The van der Waals surface area contributed by atoms with Crippen LogP contribution < -0.4 is 5.32 Å². The van der Waals surface area contributed by atoms with Gasteiger partial charge in [0.15, 0.2) is 0 Å². The molecule has 82 valence electrons. The second-order valence-electron chi connectivity index (χ2n) is 4.72. The molecule has 1 aliphatic rings. The first-order chi connectivity index (χ1) is 7.14. The number of fused-ring (bicyclic) bond motifs is 1. The minimum Gasteiger partial charge on any atom is -0.382 e. The van der Waals surface area contributed by atoms with Crippen LogP contribution in [0, 0.1) is 6.92 Å². The van der Waals surface area contributed by atoms with Crippen molar-refractivity contribution in [1.82, 2.24) is 0 Å². The van der Waals surface area contributed by atoms with Crippen LogP contribution in [0.2, 0.25) is 0 Å². The minimum absolute atomic E-state index is 0.0928. The van der Waals surface area contributed by atoms with Crippen LogP contribution in [0.3, 0.4) is 0 Å². The molecule has 1 unspecified atom stereocenters. The Hall–Kier alpha value is -1.02. The van der Waals surface area contributed by atoms with Crippen molar-refractivity contribution in [2.24, 2.45) is 0 Å². The predicted molar refractivity (Wildman–Crippen MR) is 63.4 cm³/mol. The molecule has 0 fully saturated rings. The Morgan fingerprint density at radius 3 is 3.00 bits per heavy atom. The summed E-state index contributed by atoms with van der Waals surface area (Å²) in [5.74, 6) is 0. The molecule has 0 amide bonds. The first-order valence-corrected chi connectivity index (χ1v) is 5.50. The molecule has 2 rings (SSSR count). The molecule has 0 aromatic heterocycles. The van der Waals surface area contributed by atoms with E-state index in [4.69, 9.17) is 4.74 Å². The molecule has 1 aromatic carbocycles. The van der Waals surface area contributed by atoms with E-state index in [9.17, 15) is 0 Å². The van der Waals surface area contributed by atoms with Gasteiger partial charge in [-0.25, -0.2) is 0 Å². The first kappa shape index (κ1) is 10.5. The third-order valence-electron chi connectivity index (χ3n) is 3.24. The van der Waals surface area contributed by atoms with Gasteiger partial charge in [-0.3, -0.25) is 0 Å². The zero-order chi connectivity index (χ0) is 10.9. The maximum atomic E-state index is 5.27. The van der Waals surface area contributed by atoms with E-state index in [-0.39, 0.29) is 5.54 Å². The Morgan fingerprint density at radius 2 is 2.27 bits per heavy atom. The average Bonchev–Trinajstić information content (AvgIpc) is 2.17. The Balaban J connectivity index is 2.27. The Kier molecular flexibility index (Phi) is 2.70. The van der Waals surface area contributed by atoms with Gasteiger partial charge in [-0.05, 0) is 43.9 Å². The lowest BCUT2D eigenvalue weighted by molar-refractivity contribution is 0.144. The van der Waals surface area contributed by atoms with Crippen LogP contribution in [0.4, 0.5) is 5.69 Å². The van der Waals surface area contributed by atoms with Gasteiger partial charge in [-0.15, -0.1) is 0 Å². The van der Waals surface area contributed by atoms with E-state index in [2.05, 4.69) is 37.4 Å². The van der Waals surface area contributed by atoms with Crippen molar-refractivity contribution in [1.29, 1.82) is 0 Å². The lowest BCUT2D eigenvalue weighted by Gasteiger charge is -2.37. The van der Waals surface area contributed by atoms with Gasteiger partial charge in [-0.1, -0.05) is 12.1 Å². The normalized spacial score (nSPS) is 24.5. The second kappa shape index (κ2) is 3.86. The summed E-state index contributed by atoms with van der Waals surface area (Å²) in [6.07, 6.45) is 2.29. The zero-order valence-electron chi connectivity index (χ0n) is 9.76. The van der Waals surface area contributed by atoms with E-state index in [1.807, 2.05) is 0 Å². The predicted octanol–water partition coefficient (Wildman–Crippen LogP) is 2.76. The quantitative estimate of drug-likeness (QED) is 0.801. The van der Waals surface area contributed by atoms with Crippen molar-refractivity contribution in [3.63, 3.8) is 0 Å². The monoisotopic (exact) mass is 205 g/mol. The van der Waals surface area contributed by atoms with Crippen molar-refractivity contribution in [2.45, 2.75) is 32.2 Å². The van der Waals surface area contributed by atoms with Crippen LogP contribution in [0.15, 0.2) is 18.2 Å². The number of ether oxygens (including phenoxy) is 1. The molecule has 0 bridgehead atoms. The summed E-state index contributed by atoms with van der Waals surface area (Å²) in [6.45, 7) is 5.17. The number of aryl methyl sites for hydroxylation is 1. The second-order valence-corrected chi connectivity index (χ2v) is 4.72. The molecule has 1 heterocycles. The molecule has 0 spiro atoms. The largest absolute Gasteiger partial charge is 0.382 e. The highest BCUT2D eigenvalue weighted by Gasteiger charge is 2.29. The first-order valence-electron chi connectivity index (χ1n) is 5.50. The highest BCUT2D eigenvalue weighted by molar-refractivity contribution is 5.58. The maximum absolute atomic E-state index is 5.27. The standard InChI is InChI=1S/C13H19NO/c1-10-5-4-6-12-11(10)7-8-13(2,14-12)9-15-3/h4-6,14H,7-9H2,1-3H3. The van der Waals surface area contributed by atoms with E-state index in [1.54, 1.807) is 7.11 Å². The Labute approximate surface area is 91.6 Å². The molecule has 1 N–H and O–H groups in total. The molecule has 2 heteroatoms. The van der Waals surface area contributed by atoms with Crippen molar-refractivity contribution in [3.8, 4) is 0 Å². The van der Waals surface area contributed by atoms with E-state index < -0.39 is 0 Å². The number of rotatable bonds is 2. The minimum atomic E-state index is 0.0928. The maximum Gasteiger partial charge on any atom is 0.0690 e. The Morgan fingerprint density at radius 1 is 1.47 bits per heavy atom. The van der Waals surface area contributed by atoms with E-state index >= 15 is 0 Å². The number of hydrogen-bond donors (Lipinski definition) is 1. The van der Waals surface area contributed by atoms with Crippen LogP contribution in [-0.4, -0.2) is 19.3 Å². The van der Waals surface area contributed by atoms with Gasteiger partial charge in [0.2, 0.25) is 0 Å². The third-order valence-corrected chi connectivity index (χ3v) is 3.24. The molecule has 0 saturated heterocycles. The lowest BCUT2D eigenvalue weighted by Crippen LogP contribution is -2.42. The summed E-state index contributed by atoms with van der Waals surface area (Å²) < 4.78 is 5.27. The topological polar surface area (TPSA) is 21.3 Å². The number of nitrogens with one attached hydrogen (secondary N) is 1. The van der Waals surface area contributed by atoms with Gasteiger partial charge < -0.3 is 10.1 Å². The lowest BCUT2D eigenvalue weighted by atomic mass is 9.86. The van der Waals surface area contributed by atoms with Crippen LogP contribution >= 0.6 is 0 Å².